The van der Waals surface area contributed by atoms with E-state index in [1.807, 2.05) is 0 Å². The number of hydrogen-bond donors (Lipinski definition) is 0. The third kappa shape index (κ3) is 3.30. The van der Waals surface area contributed by atoms with E-state index in [1.54, 1.807) is 12.1 Å². The van der Waals surface area contributed by atoms with Crippen LogP contribution in [0, 0.1) is 16.0 Å². The molecular weight excluding hydrogens is 284 g/mol. The lowest BCUT2D eigenvalue weighted by atomic mass is 9.99. The fraction of sp³-hybridized carbons (Fsp3) is 0.467. The Morgan fingerprint density at radius 2 is 2.18 bits per heavy atom. The fourth-order valence-corrected chi connectivity index (χ4v) is 2.61. The third-order valence-electron chi connectivity index (χ3n) is 4.02. The number of nitro groups is 1. The van der Waals surface area contributed by atoms with E-state index in [0.717, 1.165) is 19.0 Å². The quantitative estimate of drug-likeness (QED) is 0.637. The van der Waals surface area contributed by atoms with Gasteiger partial charge in [0.1, 0.15) is 0 Å². The van der Waals surface area contributed by atoms with Crippen LogP contribution in [0.15, 0.2) is 28.8 Å². The second-order valence-electron chi connectivity index (χ2n) is 5.78. The largest absolute Gasteiger partial charge is 0.338 e. The van der Waals surface area contributed by atoms with Gasteiger partial charge in [0.2, 0.25) is 11.7 Å². The molecule has 22 heavy (non-hydrogen) atoms. The first-order valence-corrected chi connectivity index (χ1v) is 7.41. The van der Waals surface area contributed by atoms with Crippen LogP contribution in [-0.2, 0) is 6.54 Å². The second kappa shape index (κ2) is 6.23. The molecule has 0 saturated carbocycles. The molecule has 7 nitrogen and oxygen atoms in total. The van der Waals surface area contributed by atoms with E-state index in [2.05, 4.69) is 22.0 Å². The van der Waals surface area contributed by atoms with Gasteiger partial charge in [-0.1, -0.05) is 24.2 Å². The molecule has 0 atom stereocenters. The monoisotopic (exact) mass is 302 g/mol. The Balaban J connectivity index is 1.71. The summed E-state index contributed by atoms with van der Waals surface area (Å²) in [4.78, 5) is 17.0. The number of rotatable bonds is 4. The summed E-state index contributed by atoms with van der Waals surface area (Å²) in [6.45, 7) is 4.98. The minimum absolute atomic E-state index is 0.0221. The van der Waals surface area contributed by atoms with Gasteiger partial charge in [-0.15, -0.1) is 0 Å². The maximum atomic E-state index is 10.8. The average Bonchev–Trinajstić information content (AvgIpc) is 2.98. The molecule has 0 amide bonds. The molecule has 0 radical (unpaired) electrons. The zero-order chi connectivity index (χ0) is 15.5. The lowest BCUT2D eigenvalue weighted by molar-refractivity contribution is -0.384. The molecule has 2 aromatic rings. The van der Waals surface area contributed by atoms with Crippen LogP contribution in [0.1, 0.15) is 25.7 Å². The number of non-ortho nitro benzene ring substituents is 1. The Labute approximate surface area is 128 Å². The fourth-order valence-electron chi connectivity index (χ4n) is 2.61. The highest BCUT2D eigenvalue weighted by Gasteiger charge is 2.19. The van der Waals surface area contributed by atoms with Crippen LogP contribution in [0.4, 0.5) is 5.69 Å². The Morgan fingerprint density at radius 1 is 1.41 bits per heavy atom. The third-order valence-corrected chi connectivity index (χ3v) is 4.02. The summed E-state index contributed by atoms with van der Waals surface area (Å²) in [6, 6.07) is 6.26. The first-order chi connectivity index (χ1) is 10.6. The Morgan fingerprint density at radius 3 is 2.91 bits per heavy atom. The van der Waals surface area contributed by atoms with Gasteiger partial charge in [-0.2, -0.15) is 4.98 Å². The molecule has 1 aliphatic heterocycles. The zero-order valence-electron chi connectivity index (χ0n) is 12.4. The predicted octanol–water partition coefficient (Wildman–Crippen LogP) is 2.88. The topological polar surface area (TPSA) is 85.3 Å². The molecule has 1 saturated heterocycles. The zero-order valence-corrected chi connectivity index (χ0v) is 12.4. The molecule has 1 aromatic carbocycles. The summed E-state index contributed by atoms with van der Waals surface area (Å²) < 4.78 is 5.28. The van der Waals surface area contributed by atoms with Crippen molar-refractivity contribution in [1.82, 2.24) is 15.0 Å². The SMILES string of the molecule is CC1CCN(Cc2nc(-c3cccc([N+](=O)[O-])c3)no2)CC1. The number of nitrogens with zero attached hydrogens (tertiary/aromatic N) is 4. The standard InChI is InChI=1S/C15H18N4O3/c1-11-5-7-18(8-6-11)10-14-16-15(17-22-14)12-3-2-4-13(9-12)19(20)21/h2-4,9,11H,5-8,10H2,1H3. The van der Waals surface area contributed by atoms with Gasteiger partial charge < -0.3 is 4.52 Å². The Hall–Kier alpha value is -2.28. The summed E-state index contributed by atoms with van der Waals surface area (Å²) in [7, 11) is 0. The van der Waals surface area contributed by atoms with Gasteiger partial charge >= 0.3 is 0 Å². The molecule has 0 N–H and O–H groups in total. The average molecular weight is 302 g/mol. The van der Waals surface area contributed by atoms with Crippen LogP contribution >= 0.6 is 0 Å². The van der Waals surface area contributed by atoms with Gasteiger partial charge in [-0.05, 0) is 31.8 Å². The van der Waals surface area contributed by atoms with Gasteiger partial charge in [0.15, 0.2) is 0 Å². The Kier molecular flexibility index (Phi) is 4.15. The van der Waals surface area contributed by atoms with E-state index in [0.29, 0.717) is 23.8 Å². The van der Waals surface area contributed by atoms with Crippen molar-refractivity contribution in [2.75, 3.05) is 13.1 Å². The van der Waals surface area contributed by atoms with E-state index >= 15 is 0 Å². The van der Waals surface area contributed by atoms with Crippen LogP contribution in [0.2, 0.25) is 0 Å². The van der Waals surface area contributed by atoms with E-state index in [9.17, 15) is 10.1 Å². The Bertz CT molecular complexity index is 662. The molecule has 2 heterocycles. The summed E-state index contributed by atoms with van der Waals surface area (Å²) >= 11 is 0. The highest BCUT2D eigenvalue weighted by molar-refractivity contribution is 5.58. The van der Waals surface area contributed by atoms with Crippen molar-refractivity contribution < 1.29 is 9.45 Å². The van der Waals surface area contributed by atoms with Gasteiger partial charge in [0, 0.05) is 17.7 Å². The van der Waals surface area contributed by atoms with Crippen LogP contribution in [0.25, 0.3) is 11.4 Å². The number of aromatic nitrogens is 2. The molecule has 7 heteroatoms. The molecule has 0 spiro atoms. The van der Waals surface area contributed by atoms with E-state index in [1.165, 1.54) is 25.0 Å². The number of nitro benzene ring substituents is 1. The van der Waals surface area contributed by atoms with Crippen molar-refractivity contribution in [3.8, 4) is 11.4 Å². The van der Waals surface area contributed by atoms with E-state index in [-0.39, 0.29) is 5.69 Å². The normalized spacial score (nSPS) is 16.8. The minimum atomic E-state index is -0.431. The van der Waals surface area contributed by atoms with Crippen molar-refractivity contribution >= 4 is 5.69 Å². The lowest BCUT2D eigenvalue weighted by Crippen LogP contribution is -2.32. The molecule has 1 aromatic heterocycles. The van der Waals surface area contributed by atoms with Crippen molar-refractivity contribution in [3.05, 3.63) is 40.3 Å². The molecule has 1 aliphatic rings. The first kappa shape index (κ1) is 14.6. The summed E-state index contributed by atoms with van der Waals surface area (Å²) in [5.41, 5.74) is 0.616. The van der Waals surface area contributed by atoms with Gasteiger partial charge in [-0.25, -0.2) is 0 Å². The highest BCUT2D eigenvalue weighted by Crippen LogP contribution is 2.22. The van der Waals surface area contributed by atoms with Crippen molar-refractivity contribution in [1.29, 1.82) is 0 Å². The van der Waals surface area contributed by atoms with Crippen molar-refractivity contribution in [3.63, 3.8) is 0 Å². The minimum Gasteiger partial charge on any atom is -0.338 e. The maximum absolute atomic E-state index is 10.8. The number of likely N-dealkylation sites (tertiary alicyclic amines) is 1. The molecule has 0 aliphatic carbocycles. The highest BCUT2D eigenvalue weighted by atomic mass is 16.6. The number of benzene rings is 1. The van der Waals surface area contributed by atoms with E-state index in [4.69, 9.17) is 4.52 Å². The summed E-state index contributed by atoms with van der Waals surface area (Å²) in [5, 5.41) is 14.7. The molecular formula is C15H18N4O3. The van der Waals surface area contributed by atoms with Crippen molar-refractivity contribution in [2.24, 2.45) is 5.92 Å². The number of hydrogen-bond acceptors (Lipinski definition) is 6. The van der Waals surface area contributed by atoms with E-state index < -0.39 is 4.92 Å². The molecule has 0 bridgehead atoms. The smallest absolute Gasteiger partial charge is 0.270 e. The van der Waals surface area contributed by atoms with Crippen molar-refractivity contribution in [2.45, 2.75) is 26.3 Å². The van der Waals surface area contributed by atoms with Gasteiger partial charge in [0.25, 0.3) is 5.69 Å². The van der Waals surface area contributed by atoms with Crippen LogP contribution in [0.3, 0.4) is 0 Å². The first-order valence-electron chi connectivity index (χ1n) is 7.41. The predicted molar refractivity (Wildman–Crippen MR) is 80.1 cm³/mol. The van der Waals surface area contributed by atoms with Crippen LogP contribution < -0.4 is 0 Å². The number of piperidine rings is 1. The molecule has 3 rings (SSSR count). The summed E-state index contributed by atoms with van der Waals surface area (Å²) in [5.74, 6) is 1.72. The summed E-state index contributed by atoms with van der Waals surface area (Å²) in [6.07, 6.45) is 2.37. The van der Waals surface area contributed by atoms with Crippen LogP contribution in [-0.4, -0.2) is 33.1 Å². The molecule has 116 valence electrons. The van der Waals surface area contributed by atoms with Crippen LogP contribution in [0.5, 0.6) is 0 Å². The lowest BCUT2D eigenvalue weighted by Gasteiger charge is -2.28. The molecule has 0 unspecified atom stereocenters. The van der Waals surface area contributed by atoms with Gasteiger partial charge in [0.05, 0.1) is 11.5 Å². The van der Waals surface area contributed by atoms with Gasteiger partial charge in [-0.3, -0.25) is 15.0 Å². The second-order valence-corrected chi connectivity index (χ2v) is 5.78. The maximum Gasteiger partial charge on any atom is 0.270 e. The molecule has 1 fully saturated rings.